The molecule has 0 aliphatic carbocycles. The number of nitrogens with zero attached hydrogens (tertiary/aromatic N) is 2. The average molecular weight is 337 g/mol. The minimum Gasteiger partial charge on any atom is -0.497 e. The van der Waals surface area contributed by atoms with Gasteiger partial charge in [0.25, 0.3) is 0 Å². The number of aliphatic imine (C=N–C) groups is 1. The molecular weight excluding hydrogens is 310 g/mol. The van der Waals surface area contributed by atoms with E-state index in [4.69, 9.17) is 4.74 Å². The number of ether oxygens (including phenoxy) is 1. The summed E-state index contributed by atoms with van der Waals surface area (Å²) in [5.41, 5.74) is 2.73. The fourth-order valence-corrected chi connectivity index (χ4v) is 3.39. The van der Waals surface area contributed by atoms with E-state index in [9.17, 15) is 0 Å². The highest BCUT2D eigenvalue weighted by Crippen LogP contribution is 2.26. The highest BCUT2D eigenvalue weighted by molar-refractivity contribution is 5.80. The predicted octanol–water partition coefficient (Wildman–Crippen LogP) is 3.30. The van der Waals surface area contributed by atoms with Crippen LogP contribution in [-0.2, 0) is 6.42 Å². The molecule has 2 aromatic carbocycles. The number of nitrogens with one attached hydrogen (secondary N) is 1. The van der Waals surface area contributed by atoms with Crippen molar-refractivity contribution < 1.29 is 4.74 Å². The van der Waals surface area contributed by atoms with Gasteiger partial charge in [0.05, 0.1) is 7.11 Å². The molecule has 0 aromatic heterocycles. The molecule has 0 saturated carbocycles. The molecule has 1 aliphatic heterocycles. The van der Waals surface area contributed by atoms with Gasteiger partial charge in [-0.15, -0.1) is 0 Å². The van der Waals surface area contributed by atoms with Gasteiger partial charge in [0.15, 0.2) is 5.96 Å². The van der Waals surface area contributed by atoms with Crippen LogP contribution in [0.1, 0.15) is 23.5 Å². The standard InChI is InChI=1S/C21H27N3O/c1-22-21(23-14-12-17-8-10-20(25-2)11-9-17)24-15-13-19(16-24)18-6-4-3-5-7-18/h3-11,19H,12-16H2,1-2H3,(H,22,23). The highest BCUT2D eigenvalue weighted by Gasteiger charge is 2.25. The van der Waals surface area contributed by atoms with Gasteiger partial charge in [-0.2, -0.15) is 0 Å². The van der Waals surface area contributed by atoms with Gasteiger partial charge < -0.3 is 15.0 Å². The normalized spacial score (nSPS) is 17.6. The molecule has 4 heteroatoms. The summed E-state index contributed by atoms with van der Waals surface area (Å²) < 4.78 is 5.20. The first kappa shape index (κ1) is 17.3. The number of hydrogen-bond donors (Lipinski definition) is 1. The van der Waals surface area contributed by atoms with E-state index in [1.807, 2.05) is 19.2 Å². The lowest BCUT2D eigenvalue weighted by Crippen LogP contribution is -2.40. The third-order valence-corrected chi connectivity index (χ3v) is 4.83. The van der Waals surface area contributed by atoms with E-state index in [-0.39, 0.29) is 0 Å². The molecule has 1 fully saturated rings. The van der Waals surface area contributed by atoms with E-state index in [1.165, 1.54) is 17.5 Å². The second-order valence-electron chi connectivity index (χ2n) is 6.41. The highest BCUT2D eigenvalue weighted by atomic mass is 16.5. The largest absolute Gasteiger partial charge is 0.497 e. The van der Waals surface area contributed by atoms with Crippen molar-refractivity contribution in [2.45, 2.75) is 18.8 Å². The minimum atomic E-state index is 0.598. The molecule has 1 saturated heterocycles. The Morgan fingerprint density at radius 1 is 1.16 bits per heavy atom. The molecule has 1 atom stereocenters. The SMILES string of the molecule is CN=C(NCCc1ccc(OC)cc1)N1CCC(c2ccccc2)C1. The number of benzene rings is 2. The smallest absolute Gasteiger partial charge is 0.193 e. The molecule has 3 rings (SSSR count). The topological polar surface area (TPSA) is 36.9 Å². The maximum atomic E-state index is 5.20. The zero-order valence-corrected chi connectivity index (χ0v) is 15.1. The molecule has 0 bridgehead atoms. The number of methoxy groups -OCH3 is 1. The molecule has 0 radical (unpaired) electrons. The van der Waals surface area contributed by atoms with Crippen molar-refractivity contribution in [3.05, 3.63) is 65.7 Å². The van der Waals surface area contributed by atoms with Crippen LogP contribution in [-0.4, -0.2) is 44.7 Å². The lowest BCUT2D eigenvalue weighted by atomic mass is 9.99. The van der Waals surface area contributed by atoms with Crippen LogP contribution in [0, 0.1) is 0 Å². The van der Waals surface area contributed by atoms with Crippen LogP contribution in [0.15, 0.2) is 59.6 Å². The summed E-state index contributed by atoms with van der Waals surface area (Å²) in [5.74, 6) is 2.50. The molecule has 4 nitrogen and oxygen atoms in total. The van der Waals surface area contributed by atoms with Gasteiger partial charge >= 0.3 is 0 Å². The van der Waals surface area contributed by atoms with Crippen LogP contribution in [0.5, 0.6) is 5.75 Å². The van der Waals surface area contributed by atoms with Crippen molar-refractivity contribution in [1.82, 2.24) is 10.2 Å². The third-order valence-electron chi connectivity index (χ3n) is 4.83. The van der Waals surface area contributed by atoms with E-state index in [0.717, 1.165) is 37.8 Å². The Kier molecular flexibility index (Phi) is 5.94. The summed E-state index contributed by atoms with van der Waals surface area (Å²) in [4.78, 5) is 6.83. The minimum absolute atomic E-state index is 0.598. The Hall–Kier alpha value is -2.49. The van der Waals surface area contributed by atoms with Crippen molar-refractivity contribution in [3.8, 4) is 5.75 Å². The summed E-state index contributed by atoms with van der Waals surface area (Å²) in [7, 11) is 3.56. The molecule has 1 N–H and O–H groups in total. The summed E-state index contributed by atoms with van der Waals surface area (Å²) in [6.45, 7) is 2.97. The monoisotopic (exact) mass is 337 g/mol. The molecule has 25 heavy (non-hydrogen) atoms. The van der Waals surface area contributed by atoms with Gasteiger partial charge in [-0.3, -0.25) is 4.99 Å². The zero-order valence-electron chi connectivity index (χ0n) is 15.1. The molecule has 1 unspecified atom stereocenters. The molecular formula is C21H27N3O. The summed E-state index contributed by atoms with van der Waals surface area (Å²) in [6.07, 6.45) is 2.15. The first-order chi connectivity index (χ1) is 12.3. The third kappa shape index (κ3) is 4.53. The Balaban J connectivity index is 1.49. The Labute approximate surface area is 150 Å². The number of likely N-dealkylation sites (tertiary alicyclic amines) is 1. The van der Waals surface area contributed by atoms with Crippen molar-refractivity contribution in [1.29, 1.82) is 0 Å². The van der Waals surface area contributed by atoms with E-state index in [1.54, 1.807) is 7.11 Å². The Morgan fingerprint density at radius 3 is 2.60 bits per heavy atom. The first-order valence-electron chi connectivity index (χ1n) is 8.93. The van der Waals surface area contributed by atoms with Crippen LogP contribution >= 0.6 is 0 Å². The maximum absolute atomic E-state index is 5.20. The van der Waals surface area contributed by atoms with Gasteiger partial charge in [-0.25, -0.2) is 0 Å². The summed E-state index contributed by atoms with van der Waals surface area (Å²) in [6, 6.07) is 19.0. The molecule has 132 valence electrons. The van der Waals surface area contributed by atoms with Crippen LogP contribution in [0.4, 0.5) is 0 Å². The fourth-order valence-electron chi connectivity index (χ4n) is 3.39. The van der Waals surface area contributed by atoms with Crippen molar-refractivity contribution in [2.75, 3.05) is 33.8 Å². The van der Waals surface area contributed by atoms with Crippen LogP contribution in [0.3, 0.4) is 0 Å². The van der Waals surface area contributed by atoms with Gasteiger partial charge in [0.2, 0.25) is 0 Å². The molecule has 1 aliphatic rings. The van der Waals surface area contributed by atoms with Crippen molar-refractivity contribution >= 4 is 5.96 Å². The van der Waals surface area contributed by atoms with Crippen LogP contribution in [0.25, 0.3) is 0 Å². The second kappa shape index (κ2) is 8.56. The van der Waals surface area contributed by atoms with E-state index in [2.05, 4.69) is 57.7 Å². The van der Waals surface area contributed by atoms with Gasteiger partial charge in [0, 0.05) is 32.6 Å². The first-order valence-corrected chi connectivity index (χ1v) is 8.93. The second-order valence-corrected chi connectivity index (χ2v) is 6.41. The maximum Gasteiger partial charge on any atom is 0.193 e. The van der Waals surface area contributed by atoms with Crippen LogP contribution < -0.4 is 10.1 Å². The molecule has 0 amide bonds. The summed E-state index contributed by atoms with van der Waals surface area (Å²) in [5, 5.41) is 3.51. The summed E-state index contributed by atoms with van der Waals surface area (Å²) >= 11 is 0. The van der Waals surface area contributed by atoms with Gasteiger partial charge in [-0.05, 0) is 36.1 Å². The molecule has 1 heterocycles. The lowest BCUT2D eigenvalue weighted by Gasteiger charge is -2.22. The van der Waals surface area contributed by atoms with Crippen molar-refractivity contribution in [2.24, 2.45) is 4.99 Å². The van der Waals surface area contributed by atoms with Crippen molar-refractivity contribution in [3.63, 3.8) is 0 Å². The fraction of sp³-hybridized carbons (Fsp3) is 0.381. The number of rotatable bonds is 5. The lowest BCUT2D eigenvalue weighted by molar-refractivity contribution is 0.414. The van der Waals surface area contributed by atoms with Gasteiger partial charge in [-0.1, -0.05) is 42.5 Å². The Morgan fingerprint density at radius 2 is 1.92 bits per heavy atom. The zero-order chi connectivity index (χ0) is 17.5. The molecule has 0 spiro atoms. The van der Waals surface area contributed by atoms with E-state index < -0.39 is 0 Å². The van der Waals surface area contributed by atoms with Crippen LogP contribution in [0.2, 0.25) is 0 Å². The van der Waals surface area contributed by atoms with Gasteiger partial charge in [0.1, 0.15) is 5.75 Å². The average Bonchev–Trinajstić information content (AvgIpc) is 3.16. The number of hydrogen-bond acceptors (Lipinski definition) is 2. The predicted molar refractivity (Wildman–Crippen MR) is 103 cm³/mol. The quantitative estimate of drug-likeness (QED) is 0.672. The number of guanidine groups is 1. The van der Waals surface area contributed by atoms with E-state index >= 15 is 0 Å². The Bertz CT molecular complexity index is 682. The van der Waals surface area contributed by atoms with E-state index in [0.29, 0.717) is 5.92 Å². The molecule has 2 aromatic rings.